The van der Waals surface area contributed by atoms with E-state index in [1.807, 2.05) is 18.2 Å². The van der Waals surface area contributed by atoms with Crippen LogP contribution in [0.2, 0.25) is 0 Å². The van der Waals surface area contributed by atoms with Crippen LogP contribution in [0, 0.1) is 0 Å². The molecule has 2 N–H and O–H groups in total. The summed E-state index contributed by atoms with van der Waals surface area (Å²) in [5, 5.41) is 9.84. The van der Waals surface area contributed by atoms with Crippen LogP contribution in [-0.2, 0) is 33.7 Å². The van der Waals surface area contributed by atoms with Crippen molar-refractivity contribution in [1.82, 2.24) is 0 Å². The van der Waals surface area contributed by atoms with Gasteiger partial charge in [-0.25, -0.2) is 13.2 Å². The van der Waals surface area contributed by atoms with Gasteiger partial charge in [0.2, 0.25) is 10.0 Å². The van der Waals surface area contributed by atoms with Crippen molar-refractivity contribution >= 4 is 21.7 Å². The van der Waals surface area contributed by atoms with E-state index in [0.29, 0.717) is 24.1 Å². The van der Waals surface area contributed by atoms with Crippen molar-refractivity contribution in [3.63, 3.8) is 0 Å². The summed E-state index contributed by atoms with van der Waals surface area (Å²) in [6.45, 7) is 8.89. The number of carboxylic acid groups (broad SMARTS) is 1. The molecule has 2 aromatic carbocycles. The molecule has 0 aromatic heterocycles. The van der Waals surface area contributed by atoms with E-state index in [4.69, 9.17) is 0 Å². The fraction of sp³-hybridized carbons (Fsp3) is 0.458. The Morgan fingerprint density at radius 1 is 0.967 bits per heavy atom. The lowest BCUT2D eigenvalue weighted by molar-refractivity contribution is 0.0695. The molecule has 6 heteroatoms. The number of carbonyl (C=O) groups is 1. The molecule has 5 nitrogen and oxygen atoms in total. The molecule has 0 amide bonds. The first-order valence-electron chi connectivity index (χ1n) is 10.3. The molecule has 0 spiro atoms. The Morgan fingerprint density at radius 2 is 1.57 bits per heavy atom. The average Bonchev–Trinajstić information content (AvgIpc) is 2.63. The molecule has 1 aliphatic rings. The highest BCUT2D eigenvalue weighted by atomic mass is 32.2. The van der Waals surface area contributed by atoms with Gasteiger partial charge in [0.05, 0.1) is 11.8 Å². The van der Waals surface area contributed by atoms with Gasteiger partial charge in [-0.1, -0.05) is 45.9 Å². The number of aromatic carboxylic acids is 1. The van der Waals surface area contributed by atoms with Crippen molar-refractivity contribution in [2.24, 2.45) is 0 Å². The molecule has 0 atom stereocenters. The van der Waals surface area contributed by atoms with Crippen LogP contribution in [0.3, 0.4) is 0 Å². The molecule has 0 heterocycles. The van der Waals surface area contributed by atoms with E-state index in [1.54, 1.807) is 18.2 Å². The Balaban J connectivity index is 1.96. The highest BCUT2D eigenvalue weighted by Gasteiger charge is 2.39. The molecule has 1 aliphatic carbocycles. The van der Waals surface area contributed by atoms with Gasteiger partial charge in [0.25, 0.3) is 0 Å². The zero-order chi connectivity index (χ0) is 22.3. The third-order valence-corrected chi connectivity index (χ3v) is 6.85. The zero-order valence-corrected chi connectivity index (χ0v) is 19.2. The van der Waals surface area contributed by atoms with E-state index in [0.717, 1.165) is 30.2 Å². The Morgan fingerprint density at radius 3 is 2.13 bits per heavy atom. The Labute approximate surface area is 179 Å². The van der Waals surface area contributed by atoms with Gasteiger partial charge in [-0.3, -0.25) is 4.72 Å². The van der Waals surface area contributed by atoms with Crippen molar-refractivity contribution in [3.8, 4) is 0 Å². The molecular formula is C24H31NO4S. The van der Waals surface area contributed by atoms with Gasteiger partial charge in [-0.15, -0.1) is 0 Å². The molecule has 0 bridgehead atoms. The summed E-state index contributed by atoms with van der Waals surface area (Å²) in [5.41, 5.74) is 5.26. The lowest BCUT2D eigenvalue weighted by atomic mass is 9.61. The number of rotatable bonds is 6. The Kier molecular flexibility index (Phi) is 5.76. The van der Waals surface area contributed by atoms with Crippen LogP contribution in [0.4, 0.5) is 5.69 Å². The monoisotopic (exact) mass is 429 g/mol. The van der Waals surface area contributed by atoms with E-state index in [1.165, 1.54) is 11.1 Å². The fourth-order valence-electron chi connectivity index (χ4n) is 4.55. The van der Waals surface area contributed by atoms with Crippen molar-refractivity contribution < 1.29 is 18.3 Å². The van der Waals surface area contributed by atoms with Crippen molar-refractivity contribution in [3.05, 3.63) is 64.2 Å². The maximum Gasteiger partial charge on any atom is 0.335 e. The molecule has 162 valence electrons. The van der Waals surface area contributed by atoms with E-state index >= 15 is 0 Å². The number of anilines is 1. The predicted octanol–water partition coefficient (Wildman–Crippen LogP) is 4.89. The third-order valence-electron chi connectivity index (χ3n) is 6.25. The summed E-state index contributed by atoms with van der Waals surface area (Å²) in [7, 11) is -3.31. The smallest absolute Gasteiger partial charge is 0.335 e. The van der Waals surface area contributed by atoms with Gasteiger partial charge in [-0.05, 0) is 77.0 Å². The standard InChI is InChI=1S/C24H31NO4S/c1-23(2)14-15-24(3,4)21-18(19(22(26)27)12-13-20(21)23)11-8-16-6-9-17(10-7-16)25-30(5,28)29/h6-7,9-10,12-13,25H,8,11,14-15H2,1-5H3,(H,26,27). The second-order valence-electron chi connectivity index (χ2n) is 9.66. The largest absolute Gasteiger partial charge is 0.478 e. The number of fused-ring (bicyclic) bond motifs is 1. The molecule has 0 saturated carbocycles. The first-order chi connectivity index (χ1) is 13.8. The van der Waals surface area contributed by atoms with E-state index in [9.17, 15) is 18.3 Å². The maximum atomic E-state index is 12.0. The van der Waals surface area contributed by atoms with E-state index in [-0.39, 0.29) is 10.8 Å². The molecule has 0 aliphatic heterocycles. The maximum absolute atomic E-state index is 12.0. The molecule has 0 fully saturated rings. The lowest BCUT2D eigenvalue weighted by Crippen LogP contribution is -2.35. The summed E-state index contributed by atoms with van der Waals surface area (Å²) in [6.07, 6.45) is 4.54. The minimum Gasteiger partial charge on any atom is -0.478 e. The second-order valence-corrected chi connectivity index (χ2v) is 11.4. The van der Waals surface area contributed by atoms with E-state index in [2.05, 4.69) is 32.4 Å². The number of aryl methyl sites for hydroxylation is 1. The van der Waals surface area contributed by atoms with Gasteiger partial charge in [0, 0.05) is 5.69 Å². The van der Waals surface area contributed by atoms with Gasteiger partial charge < -0.3 is 5.11 Å². The minimum absolute atomic E-state index is 0.0234. The van der Waals surface area contributed by atoms with Crippen LogP contribution >= 0.6 is 0 Å². The molecule has 0 radical (unpaired) electrons. The van der Waals surface area contributed by atoms with Gasteiger partial charge in [0.1, 0.15) is 0 Å². The van der Waals surface area contributed by atoms with Crippen LogP contribution < -0.4 is 4.72 Å². The SMILES string of the molecule is CC1(C)CCC(C)(C)c2c1ccc(C(=O)O)c2CCc1ccc(NS(C)(=O)=O)cc1. The van der Waals surface area contributed by atoms with Crippen molar-refractivity contribution in [2.75, 3.05) is 11.0 Å². The lowest BCUT2D eigenvalue weighted by Gasteiger charge is -2.43. The number of nitrogens with one attached hydrogen (secondary N) is 1. The van der Waals surface area contributed by atoms with Crippen LogP contribution in [0.1, 0.15) is 73.1 Å². The van der Waals surface area contributed by atoms with Crippen LogP contribution in [0.15, 0.2) is 36.4 Å². The summed E-state index contributed by atoms with van der Waals surface area (Å²) in [5.74, 6) is -0.889. The summed E-state index contributed by atoms with van der Waals surface area (Å²) in [4.78, 5) is 12.0. The second kappa shape index (κ2) is 7.73. The predicted molar refractivity (Wildman–Crippen MR) is 121 cm³/mol. The number of hydrogen-bond acceptors (Lipinski definition) is 3. The normalized spacial score (nSPS) is 17.2. The zero-order valence-electron chi connectivity index (χ0n) is 18.4. The Hall–Kier alpha value is -2.34. The van der Waals surface area contributed by atoms with Crippen LogP contribution in [-0.4, -0.2) is 25.7 Å². The first kappa shape index (κ1) is 22.3. The number of carboxylic acids is 1. The Bertz CT molecular complexity index is 1070. The van der Waals surface area contributed by atoms with Gasteiger partial charge >= 0.3 is 5.97 Å². The first-order valence-corrected chi connectivity index (χ1v) is 12.2. The highest BCUT2D eigenvalue weighted by Crippen LogP contribution is 2.48. The molecule has 0 saturated heterocycles. The van der Waals surface area contributed by atoms with E-state index < -0.39 is 16.0 Å². The molecule has 3 rings (SSSR count). The highest BCUT2D eigenvalue weighted by molar-refractivity contribution is 7.92. The number of hydrogen-bond donors (Lipinski definition) is 2. The third kappa shape index (κ3) is 4.69. The van der Waals surface area contributed by atoms with Gasteiger partial charge in [0.15, 0.2) is 0 Å². The van der Waals surface area contributed by atoms with Crippen LogP contribution in [0.25, 0.3) is 0 Å². The van der Waals surface area contributed by atoms with Gasteiger partial charge in [-0.2, -0.15) is 0 Å². The van der Waals surface area contributed by atoms with Crippen LogP contribution in [0.5, 0.6) is 0 Å². The quantitative estimate of drug-likeness (QED) is 0.685. The summed E-state index contributed by atoms with van der Waals surface area (Å²) < 4.78 is 25.2. The fourth-order valence-corrected chi connectivity index (χ4v) is 5.12. The molecular weight excluding hydrogens is 398 g/mol. The van der Waals surface area contributed by atoms with Crippen molar-refractivity contribution in [2.45, 2.75) is 64.2 Å². The number of benzene rings is 2. The minimum atomic E-state index is -3.31. The average molecular weight is 430 g/mol. The van der Waals surface area contributed by atoms with Crippen molar-refractivity contribution in [1.29, 1.82) is 0 Å². The topological polar surface area (TPSA) is 83.5 Å². The molecule has 30 heavy (non-hydrogen) atoms. The summed E-state index contributed by atoms with van der Waals surface area (Å²) >= 11 is 0. The molecule has 0 unspecified atom stereocenters. The molecule has 2 aromatic rings. The number of sulfonamides is 1. The summed E-state index contributed by atoms with van der Waals surface area (Å²) in [6, 6.07) is 11.0.